The van der Waals surface area contributed by atoms with Crippen molar-refractivity contribution in [2.75, 3.05) is 6.61 Å². The van der Waals surface area contributed by atoms with Gasteiger partial charge in [-0.25, -0.2) is 4.79 Å². The van der Waals surface area contributed by atoms with Crippen LogP contribution in [0.15, 0.2) is 48.5 Å². The zero-order chi connectivity index (χ0) is 24.3. The Morgan fingerprint density at radius 1 is 1.03 bits per heavy atom. The zero-order valence-corrected chi connectivity index (χ0v) is 19.8. The number of imide groups is 1. The fourth-order valence-electron chi connectivity index (χ4n) is 4.10. The van der Waals surface area contributed by atoms with Crippen molar-refractivity contribution in [2.24, 2.45) is 11.3 Å². The summed E-state index contributed by atoms with van der Waals surface area (Å²) < 4.78 is 5.82. The van der Waals surface area contributed by atoms with Crippen molar-refractivity contribution >= 4 is 17.9 Å². The lowest BCUT2D eigenvalue weighted by Gasteiger charge is -2.42. The molecule has 3 amide bonds. The van der Waals surface area contributed by atoms with Crippen LogP contribution in [0.1, 0.15) is 73.4 Å². The number of ether oxygens (including phenoxy) is 1. The third kappa shape index (κ3) is 5.18. The highest BCUT2D eigenvalue weighted by Gasteiger charge is 2.48. The Hall–Kier alpha value is -3.35. The van der Waals surface area contributed by atoms with Gasteiger partial charge >= 0.3 is 6.09 Å². The number of benzene rings is 2. The number of nitrogens with zero attached hydrogens (tertiary/aromatic N) is 1. The van der Waals surface area contributed by atoms with Crippen LogP contribution in [0, 0.1) is 11.3 Å². The summed E-state index contributed by atoms with van der Waals surface area (Å²) in [5.41, 5.74) is 0.690. The zero-order valence-electron chi connectivity index (χ0n) is 19.8. The van der Waals surface area contributed by atoms with E-state index in [9.17, 15) is 19.5 Å². The molecule has 0 spiro atoms. The number of fused-ring (bicyclic) bond motifs is 1. The van der Waals surface area contributed by atoms with Crippen LogP contribution in [0.4, 0.5) is 4.79 Å². The quantitative estimate of drug-likeness (QED) is 0.541. The molecule has 0 saturated carbocycles. The monoisotopic (exact) mass is 452 g/mol. The van der Waals surface area contributed by atoms with Crippen LogP contribution in [0.3, 0.4) is 0 Å². The van der Waals surface area contributed by atoms with E-state index in [1.165, 1.54) is 4.90 Å². The van der Waals surface area contributed by atoms with Gasteiger partial charge in [0, 0.05) is 0 Å². The summed E-state index contributed by atoms with van der Waals surface area (Å²) in [4.78, 5) is 39.5. The molecule has 1 heterocycles. The molecule has 0 aliphatic carbocycles. The number of rotatable bonds is 8. The molecule has 33 heavy (non-hydrogen) atoms. The maximum atomic E-state index is 13.3. The minimum absolute atomic E-state index is 0.333. The molecule has 0 fully saturated rings. The standard InChI is InChI=1S/C26H32N2O5/c1-6-16(2)15-33-18-13-11-17(12-14-18)21(27-25(31)32)22(26(3,4)5)28-23(29)19-9-7-8-10-20(19)24(28)30/h7-14,16,21-22,27H,6,15H2,1-5H3,(H,31,32)/t16-,21?,22+/m0/s1. The van der Waals surface area contributed by atoms with Crippen LogP contribution in [0.5, 0.6) is 5.75 Å². The van der Waals surface area contributed by atoms with Crippen molar-refractivity contribution in [3.05, 3.63) is 65.2 Å². The second-order valence-electron chi connectivity index (χ2n) is 9.66. The van der Waals surface area contributed by atoms with Crippen molar-refractivity contribution in [2.45, 2.75) is 53.1 Å². The average molecular weight is 453 g/mol. The molecule has 3 atom stereocenters. The van der Waals surface area contributed by atoms with E-state index in [-0.39, 0.29) is 0 Å². The first-order valence-corrected chi connectivity index (χ1v) is 11.2. The molecule has 2 N–H and O–H groups in total. The molecule has 2 aromatic rings. The third-order valence-corrected chi connectivity index (χ3v) is 6.06. The lowest BCUT2D eigenvalue weighted by atomic mass is 9.78. The minimum atomic E-state index is -1.23. The van der Waals surface area contributed by atoms with Gasteiger partial charge in [-0.2, -0.15) is 0 Å². The molecular weight excluding hydrogens is 420 g/mol. The van der Waals surface area contributed by atoms with Gasteiger partial charge in [0.15, 0.2) is 0 Å². The predicted molar refractivity (Wildman–Crippen MR) is 125 cm³/mol. The molecule has 1 unspecified atom stereocenters. The van der Waals surface area contributed by atoms with E-state index in [1.807, 2.05) is 20.8 Å². The lowest BCUT2D eigenvalue weighted by Crippen LogP contribution is -2.54. The van der Waals surface area contributed by atoms with Crippen molar-refractivity contribution in [1.29, 1.82) is 0 Å². The molecule has 176 valence electrons. The molecule has 1 aliphatic heterocycles. The average Bonchev–Trinajstić information content (AvgIpc) is 3.01. The minimum Gasteiger partial charge on any atom is -0.493 e. The summed E-state index contributed by atoms with van der Waals surface area (Å²) in [6, 6.07) is 12.2. The van der Waals surface area contributed by atoms with Gasteiger partial charge in [0.2, 0.25) is 0 Å². The number of carbonyl (C=O) groups is 3. The number of hydrogen-bond donors (Lipinski definition) is 2. The van der Waals surface area contributed by atoms with Crippen LogP contribution in [0.25, 0.3) is 0 Å². The fraction of sp³-hybridized carbons (Fsp3) is 0.423. The summed E-state index contributed by atoms with van der Waals surface area (Å²) in [6.07, 6.45) is -0.223. The Kier molecular flexibility index (Phi) is 7.10. The summed E-state index contributed by atoms with van der Waals surface area (Å²) >= 11 is 0. The van der Waals surface area contributed by atoms with Gasteiger partial charge < -0.3 is 15.2 Å². The molecule has 0 saturated heterocycles. The van der Waals surface area contributed by atoms with Gasteiger partial charge in [-0.05, 0) is 41.2 Å². The highest BCUT2D eigenvalue weighted by Crippen LogP contribution is 2.39. The number of carboxylic acid groups (broad SMARTS) is 1. The normalized spacial score (nSPS) is 16.2. The van der Waals surface area contributed by atoms with Crippen molar-refractivity contribution in [3.8, 4) is 5.75 Å². The maximum Gasteiger partial charge on any atom is 0.405 e. The van der Waals surface area contributed by atoms with Gasteiger partial charge in [0.1, 0.15) is 5.75 Å². The molecule has 0 radical (unpaired) electrons. The molecule has 3 rings (SSSR count). The Balaban J connectivity index is 1.99. The Bertz CT molecular complexity index is 991. The van der Waals surface area contributed by atoms with Crippen LogP contribution < -0.4 is 10.1 Å². The van der Waals surface area contributed by atoms with Crippen LogP contribution in [0.2, 0.25) is 0 Å². The first-order valence-electron chi connectivity index (χ1n) is 11.2. The van der Waals surface area contributed by atoms with E-state index in [2.05, 4.69) is 19.2 Å². The van der Waals surface area contributed by atoms with Crippen molar-refractivity contribution in [1.82, 2.24) is 10.2 Å². The first-order chi connectivity index (χ1) is 15.5. The summed E-state index contributed by atoms with van der Waals surface area (Å²) in [7, 11) is 0. The topological polar surface area (TPSA) is 95.9 Å². The van der Waals surface area contributed by atoms with Crippen molar-refractivity contribution < 1.29 is 24.2 Å². The molecule has 1 aliphatic rings. The van der Waals surface area contributed by atoms with Gasteiger partial charge in [0.25, 0.3) is 11.8 Å². The van der Waals surface area contributed by atoms with Crippen LogP contribution in [-0.4, -0.2) is 40.6 Å². The number of hydrogen-bond acceptors (Lipinski definition) is 4. The highest BCUT2D eigenvalue weighted by molar-refractivity contribution is 6.21. The fourth-order valence-corrected chi connectivity index (χ4v) is 4.10. The Labute approximate surface area is 194 Å². The molecule has 0 bridgehead atoms. The Morgan fingerprint density at radius 2 is 1.58 bits per heavy atom. The maximum absolute atomic E-state index is 13.3. The molecule has 0 aromatic heterocycles. The van der Waals surface area contributed by atoms with Crippen LogP contribution in [-0.2, 0) is 0 Å². The van der Waals surface area contributed by atoms with E-state index in [0.717, 1.165) is 6.42 Å². The number of nitrogens with one attached hydrogen (secondary N) is 1. The van der Waals surface area contributed by atoms with Gasteiger partial charge in [-0.1, -0.05) is 65.3 Å². The largest absolute Gasteiger partial charge is 0.493 e. The van der Waals surface area contributed by atoms with E-state index >= 15 is 0 Å². The first kappa shape index (κ1) is 24.3. The highest BCUT2D eigenvalue weighted by atomic mass is 16.5. The van der Waals surface area contributed by atoms with E-state index in [1.54, 1.807) is 48.5 Å². The molecule has 7 heteroatoms. The molecule has 7 nitrogen and oxygen atoms in total. The molecule has 2 aromatic carbocycles. The summed E-state index contributed by atoms with van der Waals surface area (Å²) in [5, 5.41) is 12.2. The lowest BCUT2D eigenvalue weighted by molar-refractivity contribution is 0.0376. The molecular formula is C26H32N2O5. The van der Waals surface area contributed by atoms with Gasteiger partial charge in [-0.15, -0.1) is 0 Å². The number of amides is 3. The second-order valence-corrected chi connectivity index (χ2v) is 9.66. The van der Waals surface area contributed by atoms with E-state index in [0.29, 0.717) is 35.0 Å². The van der Waals surface area contributed by atoms with E-state index < -0.39 is 35.4 Å². The Morgan fingerprint density at radius 3 is 2.03 bits per heavy atom. The smallest absolute Gasteiger partial charge is 0.405 e. The van der Waals surface area contributed by atoms with Gasteiger partial charge in [-0.3, -0.25) is 14.5 Å². The third-order valence-electron chi connectivity index (χ3n) is 6.06. The van der Waals surface area contributed by atoms with Crippen molar-refractivity contribution in [3.63, 3.8) is 0 Å². The van der Waals surface area contributed by atoms with Gasteiger partial charge in [0.05, 0.1) is 29.8 Å². The SMILES string of the molecule is CC[C@H](C)COc1ccc(C(NC(=O)O)[C@@H](N2C(=O)c3ccccc3C2=O)C(C)(C)C)cc1. The summed E-state index contributed by atoms with van der Waals surface area (Å²) in [6.45, 7) is 10.5. The van der Waals surface area contributed by atoms with Crippen LogP contribution >= 0.6 is 0 Å². The predicted octanol–water partition coefficient (Wildman–Crippen LogP) is 5.13. The second kappa shape index (κ2) is 9.65. The van der Waals surface area contributed by atoms with E-state index in [4.69, 9.17) is 4.74 Å². The summed E-state index contributed by atoms with van der Waals surface area (Å²) in [5.74, 6) is 0.272. The number of carbonyl (C=O) groups excluding carboxylic acids is 2.